The molecule has 7 nitrogen and oxygen atoms in total. The monoisotopic (exact) mass is 373 g/mol. The molecular weight excluding hydrogens is 362 g/mol. The van der Waals surface area contributed by atoms with E-state index in [0.29, 0.717) is 6.07 Å². The number of benzene rings is 1. The summed E-state index contributed by atoms with van der Waals surface area (Å²) >= 11 is 0. The van der Waals surface area contributed by atoms with Crippen LogP contribution in [0, 0.1) is 0 Å². The first-order chi connectivity index (χ1) is 10.9. The second kappa shape index (κ2) is 7.03. The molecule has 12 heteroatoms. The molecule has 0 fully saturated rings. The summed E-state index contributed by atoms with van der Waals surface area (Å²) in [6, 6.07) is 0.849. The lowest BCUT2D eigenvalue weighted by molar-refractivity contribution is -0.175. The Hall–Kier alpha value is -2.37. The van der Waals surface area contributed by atoms with Crippen LogP contribution in [-0.2, 0) is 26.2 Å². The molecule has 0 saturated carbocycles. The predicted octanol–water partition coefficient (Wildman–Crippen LogP) is 1.03. The van der Waals surface area contributed by atoms with Crippen molar-refractivity contribution in [3.05, 3.63) is 23.8 Å². The number of halogens is 4. The van der Waals surface area contributed by atoms with Gasteiger partial charge < -0.3 is 15.2 Å². The molecule has 0 radical (unpaired) electrons. The molecule has 1 unspecified atom stereocenters. The summed E-state index contributed by atoms with van der Waals surface area (Å²) in [5.74, 6) is -4.62. The number of carbonyl (C=O) groups is 2. The number of hydrogen-bond acceptors (Lipinski definition) is 5. The van der Waals surface area contributed by atoms with Crippen LogP contribution in [0.25, 0.3) is 0 Å². The zero-order valence-corrected chi connectivity index (χ0v) is 12.7. The maximum atomic E-state index is 13.2. The maximum Gasteiger partial charge on any atom is 0.471 e. The smallest absolute Gasteiger partial charge is 0.471 e. The molecule has 1 atom stereocenters. The van der Waals surface area contributed by atoms with E-state index in [4.69, 9.17) is 5.11 Å². The molecule has 24 heavy (non-hydrogen) atoms. The number of carboxylic acid groups (broad SMARTS) is 1. The van der Waals surface area contributed by atoms with Crippen molar-refractivity contribution < 1.29 is 44.9 Å². The van der Waals surface area contributed by atoms with Crippen molar-refractivity contribution in [1.29, 1.82) is 0 Å². The third-order valence-electron chi connectivity index (χ3n) is 2.79. The van der Waals surface area contributed by atoms with Gasteiger partial charge in [-0.2, -0.15) is 21.6 Å². The van der Waals surface area contributed by atoms with Crippen molar-refractivity contribution in [2.24, 2.45) is 0 Å². The van der Waals surface area contributed by atoms with Crippen molar-refractivity contribution in [3.8, 4) is 5.75 Å². The Morgan fingerprint density at radius 1 is 1.33 bits per heavy atom. The number of nitrogens with one attached hydrogen (secondary N) is 1. The minimum absolute atomic E-state index is 0.137. The van der Waals surface area contributed by atoms with Gasteiger partial charge in [0.1, 0.15) is 16.7 Å². The average Bonchev–Trinajstić information content (AvgIpc) is 2.44. The Kier molecular flexibility index (Phi) is 5.76. The van der Waals surface area contributed by atoms with Crippen molar-refractivity contribution in [2.75, 3.05) is 7.11 Å². The fraction of sp³-hybridized carbons (Fsp3) is 0.333. The van der Waals surface area contributed by atoms with Crippen molar-refractivity contribution in [2.45, 2.75) is 23.5 Å². The standard InChI is InChI=1S/C12H11F4NO6S/c1-23-8-3-2-6(5-9(8)24(16,21)22)4-7(10(18)19)17-11(20)12(13,14)15/h2-3,5,7H,4H2,1H3,(H,17,20)(H,18,19). The van der Waals surface area contributed by atoms with Gasteiger partial charge in [0.2, 0.25) is 0 Å². The van der Waals surface area contributed by atoms with Crippen LogP contribution in [0.4, 0.5) is 17.1 Å². The molecular formula is C12H11F4NO6S. The van der Waals surface area contributed by atoms with Crippen LogP contribution in [0.15, 0.2) is 23.1 Å². The van der Waals surface area contributed by atoms with Gasteiger partial charge in [-0.3, -0.25) is 4.79 Å². The zero-order chi connectivity index (χ0) is 18.7. The molecule has 134 valence electrons. The number of rotatable bonds is 6. The van der Waals surface area contributed by atoms with Gasteiger partial charge in [0.05, 0.1) is 7.11 Å². The lowest BCUT2D eigenvalue weighted by atomic mass is 10.1. The third-order valence-corrected chi connectivity index (χ3v) is 3.64. The normalized spacial score (nSPS) is 13.2. The minimum atomic E-state index is -5.29. The van der Waals surface area contributed by atoms with Crippen LogP contribution in [0.3, 0.4) is 0 Å². The summed E-state index contributed by atoms with van der Waals surface area (Å²) in [4.78, 5) is 20.9. The minimum Gasteiger partial charge on any atom is -0.495 e. The number of aliphatic carboxylic acids is 1. The fourth-order valence-corrected chi connectivity index (χ4v) is 2.40. The highest BCUT2D eigenvalue weighted by Gasteiger charge is 2.40. The number of alkyl halides is 3. The highest BCUT2D eigenvalue weighted by Crippen LogP contribution is 2.27. The zero-order valence-electron chi connectivity index (χ0n) is 11.9. The Labute approximate surface area is 133 Å². The van der Waals surface area contributed by atoms with E-state index in [1.54, 1.807) is 0 Å². The number of methoxy groups -OCH3 is 1. The molecule has 1 aromatic rings. The number of carbonyl (C=O) groups excluding carboxylic acids is 1. The molecule has 0 heterocycles. The highest BCUT2D eigenvalue weighted by molar-refractivity contribution is 7.86. The van der Waals surface area contributed by atoms with E-state index in [9.17, 15) is 35.1 Å². The molecule has 0 aliphatic carbocycles. The van der Waals surface area contributed by atoms with Crippen LogP contribution in [0.5, 0.6) is 5.75 Å². The first-order valence-corrected chi connectivity index (χ1v) is 7.46. The SMILES string of the molecule is COc1ccc(CC(NC(=O)C(F)(F)F)C(=O)O)cc1S(=O)(=O)F. The molecule has 0 bridgehead atoms. The lowest BCUT2D eigenvalue weighted by Crippen LogP contribution is -2.47. The largest absolute Gasteiger partial charge is 0.495 e. The molecule has 1 aromatic carbocycles. The summed E-state index contributed by atoms with van der Waals surface area (Å²) < 4.78 is 76.4. The molecule has 2 N–H and O–H groups in total. The van der Waals surface area contributed by atoms with E-state index >= 15 is 0 Å². The third kappa shape index (κ3) is 5.08. The van der Waals surface area contributed by atoms with Crippen LogP contribution >= 0.6 is 0 Å². The number of hydrogen-bond donors (Lipinski definition) is 2. The maximum absolute atomic E-state index is 13.2. The molecule has 1 amide bonds. The van der Waals surface area contributed by atoms with E-state index in [-0.39, 0.29) is 11.3 Å². The highest BCUT2D eigenvalue weighted by atomic mass is 32.3. The van der Waals surface area contributed by atoms with E-state index in [0.717, 1.165) is 19.2 Å². The summed E-state index contributed by atoms with van der Waals surface area (Å²) in [6.45, 7) is 0. The summed E-state index contributed by atoms with van der Waals surface area (Å²) in [5.41, 5.74) is -0.137. The number of ether oxygens (including phenoxy) is 1. The van der Waals surface area contributed by atoms with Gasteiger partial charge in [-0.25, -0.2) is 4.79 Å². The van der Waals surface area contributed by atoms with Gasteiger partial charge in [0, 0.05) is 6.42 Å². The summed E-state index contributed by atoms with van der Waals surface area (Å²) in [7, 11) is -4.15. The number of carboxylic acids is 1. The second-order valence-corrected chi connectivity index (χ2v) is 5.80. The van der Waals surface area contributed by atoms with Gasteiger partial charge in [-0.1, -0.05) is 6.07 Å². The molecule has 0 aliphatic rings. The number of amides is 1. The molecule has 1 rings (SSSR count). The van der Waals surface area contributed by atoms with Crippen molar-refractivity contribution in [1.82, 2.24) is 5.32 Å². The first-order valence-electron chi connectivity index (χ1n) is 6.08. The Morgan fingerprint density at radius 3 is 2.33 bits per heavy atom. The summed E-state index contributed by atoms with van der Waals surface area (Å²) in [6.07, 6.45) is -6.00. The molecule has 0 aromatic heterocycles. The van der Waals surface area contributed by atoms with Crippen molar-refractivity contribution >= 4 is 22.1 Å². The van der Waals surface area contributed by atoms with Gasteiger partial charge in [0.15, 0.2) is 0 Å². The van der Waals surface area contributed by atoms with Gasteiger partial charge in [-0.05, 0) is 17.7 Å². The molecule has 0 saturated heterocycles. The quantitative estimate of drug-likeness (QED) is 0.569. The van der Waals surface area contributed by atoms with Gasteiger partial charge >= 0.3 is 28.3 Å². The molecule has 0 aliphatic heterocycles. The Morgan fingerprint density at radius 2 is 1.92 bits per heavy atom. The Bertz CT molecular complexity index is 746. The van der Waals surface area contributed by atoms with Crippen LogP contribution in [0.1, 0.15) is 5.56 Å². The first kappa shape index (κ1) is 19.7. The van der Waals surface area contributed by atoms with E-state index in [2.05, 4.69) is 4.74 Å². The molecule has 0 spiro atoms. The summed E-state index contributed by atoms with van der Waals surface area (Å²) in [5, 5.41) is 10.1. The van der Waals surface area contributed by atoms with Gasteiger partial charge in [-0.15, -0.1) is 3.89 Å². The average molecular weight is 373 g/mol. The predicted molar refractivity (Wildman–Crippen MR) is 70.6 cm³/mol. The van der Waals surface area contributed by atoms with Crippen LogP contribution in [-0.4, -0.2) is 44.7 Å². The van der Waals surface area contributed by atoms with E-state index in [1.165, 1.54) is 5.32 Å². The van der Waals surface area contributed by atoms with Gasteiger partial charge in [0.25, 0.3) is 0 Å². The Balaban J connectivity index is 3.12. The van der Waals surface area contributed by atoms with E-state index < -0.39 is 45.6 Å². The van der Waals surface area contributed by atoms with Crippen LogP contribution < -0.4 is 10.1 Å². The lowest BCUT2D eigenvalue weighted by Gasteiger charge is -2.16. The van der Waals surface area contributed by atoms with E-state index in [1.807, 2.05) is 0 Å². The second-order valence-electron chi connectivity index (χ2n) is 4.49. The fourth-order valence-electron chi connectivity index (χ4n) is 1.71. The topological polar surface area (TPSA) is 110 Å². The van der Waals surface area contributed by atoms with Crippen molar-refractivity contribution in [3.63, 3.8) is 0 Å². The van der Waals surface area contributed by atoms with Crippen LogP contribution in [0.2, 0.25) is 0 Å².